The van der Waals surface area contributed by atoms with Gasteiger partial charge in [0.1, 0.15) is 17.2 Å². The Bertz CT molecular complexity index is 1170. The summed E-state index contributed by atoms with van der Waals surface area (Å²) >= 11 is 0. The highest BCUT2D eigenvalue weighted by Gasteiger charge is 2.24. The third-order valence-corrected chi connectivity index (χ3v) is 5.75. The summed E-state index contributed by atoms with van der Waals surface area (Å²) in [5, 5.41) is 26.4. The van der Waals surface area contributed by atoms with E-state index in [-0.39, 0.29) is 23.0 Å². The minimum atomic E-state index is -0.273. The number of methoxy groups -OCH3 is 1. The van der Waals surface area contributed by atoms with Crippen LogP contribution in [0.25, 0.3) is 28.5 Å². The Kier molecular flexibility index (Phi) is 4.70. The van der Waals surface area contributed by atoms with Crippen molar-refractivity contribution in [3.8, 4) is 39.6 Å². The van der Waals surface area contributed by atoms with Crippen molar-refractivity contribution in [2.24, 2.45) is 0 Å². The Morgan fingerprint density at radius 3 is 2.66 bits per heavy atom. The highest BCUT2D eigenvalue weighted by Crippen LogP contribution is 2.43. The van der Waals surface area contributed by atoms with Gasteiger partial charge in [-0.05, 0) is 53.6 Å². The Balaban J connectivity index is 1.95. The van der Waals surface area contributed by atoms with Crippen LogP contribution in [0.5, 0.6) is 17.2 Å². The zero-order valence-corrected chi connectivity index (χ0v) is 16.7. The van der Waals surface area contributed by atoms with Crippen molar-refractivity contribution < 1.29 is 14.9 Å². The first kappa shape index (κ1) is 18.9. The molecule has 0 bridgehead atoms. The van der Waals surface area contributed by atoms with E-state index in [2.05, 4.69) is 10.2 Å². The summed E-state index contributed by atoms with van der Waals surface area (Å²) in [4.78, 5) is 12.7. The lowest BCUT2D eigenvalue weighted by Gasteiger charge is -2.16. The van der Waals surface area contributed by atoms with Gasteiger partial charge in [0.2, 0.25) is 0 Å². The quantitative estimate of drug-likeness (QED) is 0.512. The van der Waals surface area contributed by atoms with Crippen LogP contribution in [0.1, 0.15) is 42.9 Å². The SMILES string of the molecule is CCC(C)c1cc(-c2[nH][nH]c(=O)c2-c2ccc(OC)c3c2C=CC3)c(O)cc1O. The number of hydrogen-bond acceptors (Lipinski definition) is 4. The molecule has 1 heterocycles. The number of ether oxygens (including phenoxy) is 1. The number of rotatable bonds is 5. The topological polar surface area (TPSA) is 98.3 Å². The van der Waals surface area contributed by atoms with Crippen LogP contribution in [-0.4, -0.2) is 27.5 Å². The molecule has 150 valence electrons. The molecule has 4 rings (SSSR count). The van der Waals surface area contributed by atoms with Gasteiger partial charge in [0.15, 0.2) is 0 Å². The van der Waals surface area contributed by atoms with Crippen LogP contribution in [-0.2, 0) is 6.42 Å². The number of aromatic hydroxyl groups is 2. The van der Waals surface area contributed by atoms with Crippen LogP contribution < -0.4 is 10.3 Å². The number of allylic oxidation sites excluding steroid dienone is 1. The third kappa shape index (κ3) is 3.01. The van der Waals surface area contributed by atoms with E-state index >= 15 is 0 Å². The van der Waals surface area contributed by atoms with Gasteiger partial charge < -0.3 is 14.9 Å². The molecule has 0 amide bonds. The van der Waals surface area contributed by atoms with Crippen molar-refractivity contribution in [2.75, 3.05) is 7.11 Å². The van der Waals surface area contributed by atoms with E-state index in [0.29, 0.717) is 16.8 Å². The maximum atomic E-state index is 12.7. The number of phenolic OH excluding ortho intramolecular Hbond substituents is 2. The zero-order chi connectivity index (χ0) is 20.7. The van der Waals surface area contributed by atoms with Crippen molar-refractivity contribution in [1.29, 1.82) is 0 Å². The van der Waals surface area contributed by atoms with Crippen LogP contribution >= 0.6 is 0 Å². The molecule has 1 aliphatic rings. The Morgan fingerprint density at radius 2 is 1.93 bits per heavy atom. The fourth-order valence-corrected chi connectivity index (χ4v) is 3.98. The summed E-state index contributed by atoms with van der Waals surface area (Å²) < 4.78 is 5.46. The summed E-state index contributed by atoms with van der Waals surface area (Å²) in [5.41, 5.74) is 4.61. The fraction of sp³-hybridized carbons (Fsp3) is 0.261. The lowest BCUT2D eigenvalue weighted by molar-refractivity contribution is 0.411. The molecule has 0 radical (unpaired) electrons. The van der Waals surface area contributed by atoms with Gasteiger partial charge in [-0.25, -0.2) is 0 Å². The van der Waals surface area contributed by atoms with Gasteiger partial charge in [-0.2, -0.15) is 0 Å². The zero-order valence-electron chi connectivity index (χ0n) is 16.7. The molecule has 29 heavy (non-hydrogen) atoms. The second kappa shape index (κ2) is 7.20. The molecule has 1 atom stereocenters. The normalized spacial score (nSPS) is 13.5. The first-order valence-electron chi connectivity index (χ1n) is 9.69. The number of aromatic nitrogens is 2. The predicted octanol–water partition coefficient (Wildman–Crippen LogP) is 4.54. The number of nitrogens with one attached hydrogen (secondary N) is 2. The Morgan fingerprint density at radius 1 is 1.14 bits per heavy atom. The third-order valence-electron chi connectivity index (χ3n) is 5.75. The minimum absolute atomic E-state index is 0.0494. The standard InChI is InChI=1S/C23H24N2O4/c1-4-12(2)16-10-17(19(27)11-18(16)26)22-21(23(28)25-24-22)15-8-9-20(29-3)14-7-5-6-13(14)15/h5-6,8-12,26-27H,4,7H2,1-3H3,(H2,24,25,28). The van der Waals surface area contributed by atoms with E-state index in [1.807, 2.05) is 38.1 Å². The van der Waals surface area contributed by atoms with Gasteiger partial charge in [-0.3, -0.25) is 15.0 Å². The Hall–Kier alpha value is -3.41. The average Bonchev–Trinajstić information content (AvgIpc) is 3.34. The monoisotopic (exact) mass is 392 g/mol. The highest BCUT2D eigenvalue weighted by atomic mass is 16.5. The van der Waals surface area contributed by atoms with Gasteiger partial charge in [0, 0.05) is 17.2 Å². The molecule has 0 fully saturated rings. The summed E-state index contributed by atoms with van der Waals surface area (Å²) in [6.45, 7) is 4.05. The van der Waals surface area contributed by atoms with Crippen LogP contribution in [0.15, 0.2) is 35.1 Å². The molecule has 2 aromatic carbocycles. The maximum Gasteiger partial charge on any atom is 0.272 e. The van der Waals surface area contributed by atoms with E-state index < -0.39 is 0 Å². The molecule has 0 saturated carbocycles. The first-order valence-corrected chi connectivity index (χ1v) is 9.69. The minimum Gasteiger partial charge on any atom is -0.508 e. The number of aromatic amines is 2. The van der Waals surface area contributed by atoms with Crippen LogP contribution in [0.4, 0.5) is 0 Å². The van der Waals surface area contributed by atoms with Gasteiger partial charge in [0.25, 0.3) is 5.56 Å². The van der Waals surface area contributed by atoms with Gasteiger partial charge in [-0.1, -0.05) is 26.0 Å². The van der Waals surface area contributed by atoms with Crippen molar-refractivity contribution in [2.45, 2.75) is 32.6 Å². The summed E-state index contributed by atoms with van der Waals surface area (Å²) in [6, 6.07) is 6.81. The molecule has 0 aliphatic heterocycles. The van der Waals surface area contributed by atoms with Crippen molar-refractivity contribution in [3.05, 3.63) is 57.4 Å². The molecule has 6 nitrogen and oxygen atoms in total. The molecule has 1 unspecified atom stereocenters. The van der Waals surface area contributed by atoms with E-state index in [4.69, 9.17) is 4.74 Å². The lowest BCUT2D eigenvalue weighted by Crippen LogP contribution is -2.04. The maximum absolute atomic E-state index is 12.7. The molecule has 4 N–H and O–H groups in total. The van der Waals surface area contributed by atoms with Gasteiger partial charge >= 0.3 is 0 Å². The Labute approximate surface area is 168 Å². The predicted molar refractivity (Wildman–Crippen MR) is 114 cm³/mol. The molecule has 3 aromatic rings. The van der Waals surface area contributed by atoms with Crippen molar-refractivity contribution in [1.82, 2.24) is 10.2 Å². The van der Waals surface area contributed by atoms with Crippen LogP contribution in [0.3, 0.4) is 0 Å². The molecule has 0 spiro atoms. The first-order chi connectivity index (χ1) is 14.0. The number of fused-ring (bicyclic) bond motifs is 1. The fourth-order valence-electron chi connectivity index (χ4n) is 3.98. The van der Waals surface area contributed by atoms with Gasteiger partial charge in [0.05, 0.1) is 18.4 Å². The number of benzene rings is 2. The lowest BCUT2D eigenvalue weighted by atomic mass is 9.91. The van der Waals surface area contributed by atoms with E-state index in [9.17, 15) is 15.0 Å². The van der Waals surface area contributed by atoms with E-state index in [1.54, 1.807) is 13.2 Å². The summed E-state index contributed by atoms with van der Waals surface area (Å²) in [5.74, 6) is 0.852. The second-order valence-electron chi connectivity index (χ2n) is 7.38. The molecule has 6 heteroatoms. The number of hydrogen-bond donors (Lipinski definition) is 4. The highest BCUT2D eigenvalue weighted by molar-refractivity contribution is 5.89. The van der Waals surface area contributed by atoms with Crippen molar-refractivity contribution in [3.63, 3.8) is 0 Å². The molecule has 1 aromatic heterocycles. The van der Waals surface area contributed by atoms with Crippen LogP contribution in [0, 0.1) is 0 Å². The van der Waals surface area contributed by atoms with E-state index in [1.165, 1.54) is 6.07 Å². The summed E-state index contributed by atoms with van der Waals surface area (Å²) in [7, 11) is 1.63. The molecular weight excluding hydrogens is 368 g/mol. The molecular formula is C23H24N2O4. The largest absolute Gasteiger partial charge is 0.508 e. The molecule has 1 aliphatic carbocycles. The van der Waals surface area contributed by atoms with E-state index in [0.717, 1.165) is 40.8 Å². The van der Waals surface area contributed by atoms with Crippen LogP contribution in [0.2, 0.25) is 0 Å². The smallest absolute Gasteiger partial charge is 0.272 e. The van der Waals surface area contributed by atoms with Gasteiger partial charge in [-0.15, -0.1) is 0 Å². The average molecular weight is 392 g/mol. The number of phenols is 2. The summed E-state index contributed by atoms with van der Waals surface area (Å²) in [6.07, 6.45) is 5.61. The second-order valence-corrected chi connectivity index (χ2v) is 7.38. The van der Waals surface area contributed by atoms with Crippen molar-refractivity contribution >= 4 is 6.08 Å². The number of H-pyrrole nitrogens is 2. The molecule has 0 saturated heterocycles.